The standard InChI is InChI=1S/C17H28N4O2S/c1-23-12-15(22)21-8-4-14-16(19-13-18-14)17(21)5-9-20(10-6-17)7-3-11-24-2/h13H,3-12H2,1-2H3,(H,18,19). The molecule has 3 heterocycles. The van der Waals surface area contributed by atoms with Gasteiger partial charge in [0.05, 0.1) is 17.6 Å². The molecule has 1 aromatic rings. The molecule has 1 aromatic heterocycles. The number of amides is 1. The van der Waals surface area contributed by atoms with Crippen molar-refractivity contribution in [3.63, 3.8) is 0 Å². The molecule has 0 aliphatic carbocycles. The minimum absolute atomic E-state index is 0.0852. The van der Waals surface area contributed by atoms with Gasteiger partial charge >= 0.3 is 0 Å². The predicted octanol–water partition coefficient (Wildman–Crippen LogP) is 1.48. The van der Waals surface area contributed by atoms with E-state index >= 15 is 0 Å². The summed E-state index contributed by atoms with van der Waals surface area (Å²) in [6, 6.07) is 0. The molecule has 24 heavy (non-hydrogen) atoms. The first kappa shape index (κ1) is 17.8. The van der Waals surface area contributed by atoms with Crippen molar-refractivity contribution in [3.05, 3.63) is 17.7 Å². The van der Waals surface area contributed by atoms with Crippen LogP contribution in [0, 0.1) is 0 Å². The molecule has 1 spiro atoms. The Hall–Kier alpha value is -1.05. The number of H-pyrrole nitrogens is 1. The maximum atomic E-state index is 12.6. The van der Waals surface area contributed by atoms with Gasteiger partial charge in [0.25, 0.3) is 0 Å². The Balaban J connectivity index is 1.76. The Kier molecular flexibility index (Phi) is 5.84. The van der Waals surface area contributed by atoms with Gasteiger partial charge in [0.2, 0.25) is 5.91 Å². The second kappa shape index (κ2) is 7.89. The predicted molar refractivity (Wildman–Crippen MR) is 96.2 cm³/mol. The fourth-order valence-electron chi connectivity index (χ4n) is 4.13. The van der Waals surface area contributed by atoms with E-state index in [2.05, 4.69) is 21.1 Å². The first-order chi connectivity index (χ1) is 11.7. The van der Waals surface area contributed by atoms with Gasteiger partial charge in [-0.1, -0.05) is 0 Å². The number of aromatic amines is 1. The van der Waals surface area contributed by atoms with Crippen molar-refractivity contribution >= 4 is 17.7 Å². The van der Waals surface area contributed by atoms with E-state index in [1.807, 2.05) is 16.7 Å². The minimum atomic E-state index is -0.251. The molecule has 0 atom stereocenters. The van der Waals surface area contributed by atoms with Crippen molar-refractivity contribution in [2.45, 2.75) is 31.2 Å². The molecule has 134 valence electrons. The van der Waals surface area contributed by atoms with Crippen molar-refractivity contribution in [2.24, 2.45) is 0 Å². The Morgan fingerprint density at radius 1 is 1.42 bits per heavy atom. The van der Waals surface area contributed by atoms with Gasteiger partial charge in [0.15, 0.2) is 0 Å². The van der Waals surface area contributed by atoms with E-state index in [4.69, 9.17) is 4.74 Å². The number of carbonyl (C=O) groups is 1. The maximum Gasteiger partial charge on any atom is 0.249 e. The third kappa shape index (κ3) is 3.34. The third-order valence-electron chi connectivity index (χ3n) is 5.34. The number of nitrogens with zero attached hydrogens (tertiary/aromatic N) is 3. The molecule has 1 saturated heterocycles. The number of aromatic nitrogens is 2. The molecule has 3 rings (SSSR count). The number of thioether (sulfide) groups is 1. The molecule has 7 heteroatoms. The number of piperidine rings is 1. The molecule has 0 unspecified atom stereocenters. The number of carbonyl (C=O) groups excluding carboxylic acids is 1. The third-order valence-corrected chi connectivity index (χ3v) is 6.03. The molecular formula is C17H28N4O2S. The number of rotatable bonds is 6. The lowest BCUT2D eigenvalue weighted by Gasteiger charge is -2.50. The summed E-state index contributed by atoms with van der Waals surface area (Å²) in [5.74, 6) is 1.30. The summed E-state index contributed by atoms with van der Waals surface area (Å²) in [6.45, 7) is 4.11. The Morgan fingerprint density at radius 3 is 2.92 bits per heavy atom. The Labute approximate surface area is 148 Å². The highest BCUT2D eigenvalue weighted by Gasteiger charge is 2.48. The molecule has 6 nitrogen and oxygen atoms in total. The summed E-state index contributed by atoms with van der Waals surface area (Å²) >= 11 is 1.91. The minimum Gasteiger partial charge on any atom is -0.375 e. The van der Waals surface area contributed by atoms with E-state index in [9.17, 15) is 4.79 Å². The van der Waals surface area contributed by atoms with Crippen LogP contribution in [0.15, 0.2) is 6.33 Å². The van der Waals surface area contributed by atoms with Crippen LogP contribution in [0.3, 0.4) is 0 Å². The molecule has 0 saturated carbocycles. The number of hydrogen-bond acceptors (Lipinski definition) is 5. The number of nitrogens with one attached hydrogen (secondary N) is 1. The van der Waals surface area contributed by atoms with E-state index < -0.39 is 0 Å². The van der Waals surface area contributed by atoms with Crippen LogP contribution in [0.2, 0.25) is 0 Å². The van der Waals surface area contributed by atoms with Crippen molar-refractivity contribution in [3.8, 4) is 0 Å². The number of hydrogen-bond donors (Lipinski definition) is 1. The zero-order chi connectivity index (χ0) is 17.0. The number of likely N-dealkylation sites (tertiary alicyclic amines) is 1. The Morgan fingerprint density at radius 2 is 2.21 bits per heavy atom. The second-order valence-electron chi connectivity index (χ2n) is 6.68. The lowest BCUT2D eigenvalue weighted by molar-refractivity contribution is -0.146. The maximum absolute atomic E-state index is 12.6. The molecule has 2 aliphatic rings. The fraction of sp³-hybridized carbons (Fsp3) is 0.765. The fourth-order valence-corrected chi connectivity index (χ4v) is 4.55. The van der Waals surface area contributed by atoms with E-state index in [0.29, 0.717) is 0 Å². The average Bonchev–Trinajstić information content (AvgIpc) is 3.07. The first-order valence-corrected chi connectivity index (χ1v) is 10.1. The van der Waals surface area contributed by atoms with E-state index in [0.717, 1.165) is 51.1 Å². The smallest absolute Gasteiger partial charge is 0.249 e. The van der Waals surface area contributed by atoms with Crippen LogP contribution in [0.25, 0.3) is 0 Å². The molecule has 1 N–H and O–H groups in total. The first-order valence-electron chi connectivity index (χ1n) is 8.74. The van der Waals surface area contributed by atoms with Gasteiger partial charge in [0.1, 0.15) is 6.61 Å². The quantitative estimate of drug-likeness (QED) is 0.786. The number of ether oxygens (including phenoxy) is 1. The van der Waals surface area contributed by atoms with Crippen LogP contribution in [0.1, 0.15) is 30.7 Å². The van der Waals surface area contributed by atoms with Gasteiger partial charge in [-0.3, -0.25) is 4.79 Å². The lowest BCUT2D eigenvalue weighted by atomic mass is 9.78. The number of imidazole rings is 1. The molecule has 1 amide bonds. The summed E-state index contributed by atoms with van der Waals surface area (Å²) in [5.41, 5.74) is 2.04. The van der Waals surface area contributed by atoms with Crippen LogP contribution < -0.4 is 0 Å². The monoisotopic (exact) mass is 352 g/mol. The SMILES string of the molecule is COCC(=O)N1CCc2[nH]cnc2C12CCN(CCCSC)CC2. The van der Waals surface area contributed by atoms with Gasteiger partial charge < -0.3 is 19.5 Å². The van der Waals surface area contributed by atoms with Crippen molar-refractivity contribution in [1.29, 1.82) is 0 Å². The number of fused-ring (bicyclic) bond motifs is 2. The van der Waals surface area contributed by atoms with Gasteiger partial charge in [-0.25, -0.2) is 4.98 Å². The highest BCUT2D eigenvalue weighted by atomic mass is 32.2. The van der Waals surface area contributed by atoms with Crippen LogP contribution in [0.4, 0.5) is 0 Å². The van der Waals surface area contributed by atoms with E-state index in [-0.39, 0.29) is 18.1 Å². The van der Waals surface area contributed by atoms with Crippen molar-refractivity contribution in [1.82, 2.24) is 19.8 Å². The average molecular weight is 353 g/mol. The van der Waals surface area contributed by atoms with Gasteiger partial charge in [-0.2, -0.15) is 11.8 Å². The van der Waals surface area contributed by atoms with Crippen LogP contribution in [-0.2, 0) is 21.5 Å². The van der Waals surface area contributed by atoms with Gasteiger partial charge in [0, 0.05) is 38.9 Å². The topological polar surface area (TPSA) is 61.5 Å². The summed E-state index contributed by atoms with van der Waals surface area (Å²) in [7, 11) is 1.59. The molecule has 0 aromatic carbocycles. The summed E-state index contributed by atoms with van der Waals surface area (Å²) in [6.07, 6.45) is 7.93. The molecule has 2 aliphatic heterocycles. The zero-order valence-electron chi connectivity index (χ0n) is 14.7. The second-order valence-corrected chi connectivity index (χ2v) is 7.66. The van der Waals surface area contributed by atoms with Gasteiger partial charge in [-0.05, 0) is 37.8 Å². The van der Waals surface area contributed by atoms with E-state index in [1.54, 1.807) is 13.4 Å². The largest absolute Gasteiger partial charge is 0.375 e. The zero-order valence-corrected chi connectivity index (χ0v) is 15.5. The lowest BCUT2D eigenvalue weighted by Crippen LogP contribution is -2.59. The highest BCUT2D eigenvalue weighted by molar-refractivity contribution is 7.98. The molecule has 0 radical (unpaired) electrons. The van der Waals surface area contributed by atoms with Crippen LogP contribution >= 0.6 is 11.8 Å². The number of methoxy groups -OCH3 is 1. The van der Waals surface area contributed by atoms with Gasteiger partial charge in [-0.15, -0.1) is 0 Å². The molecular weight excluding hydrogens is 324 g/mol. The van der Waals surface area contributed by atoms with Crippen molar-refractivity contribution in [2.75, 3.05) is 51.9 Å². The summed E-state index contributed by atoms with van der Waals surface area (Å²) in [4.78, 5) is 25.1. The summed E-state index contributed by atoms with van der Waals surface area (Å²) < 4.78 is 5.11. The highest BCUT2D eigenvalue weighted by Crippen LogP contribution is 2.42. The summed E-state index contributed by atoms with van der Waals surface area (Å²) in [5, 5.41) is 0. The van der Waals surface area contributed by atoms with Crippen LogP contribution in [-0.4, -0.2) is 77.6 Å². The van der Waals surface area contributed by atoms with Crippen LogP contribution in [0.5, 0.6) is 0 Å². The normalized spacial score (nSPS) is 20.3. The Bertz CT molecular complexity index is 555. The van der Waals surface area contributed by atoms with Crippen molar-refractivity contribution < 1.29 is 9.53 Å². The molecule has 1 fully saturated rings. The van der Waals surface area contributed by atoms with E-state index in [1.165, 1.54) is 17.9 Å². The molecule has 0 bridgehead atoms.